The van der Waals surface area contributed by atoms with Crippen molar-refractivity contribution in [1.29, 1.82) is 0 Å². The summed E-state index contributed by atoms with van der Waals surface area (Å²) in [6.07, 6.45) is 2.40. The van der Waals surface area contributed by atoms with Crippen LogP contribution in [0, 0.1) is 0 Å². The predicted molar refractivity (Wildman–Crippen MR) is 63.4 cm³/mol. The van der Waals surface area contributed by atoms with Gasteiger partial charge in [0.25, 0.3) is 0 Å². The van der Waals surface area contributed by atoms with Crippen LogP contribution >= 0.6 is 15.9 Å². The second-order valence-corrected chi connectivity index (χ2v) is 4.71. The van der Waals surface area contributed by atoms with Gasteiger partial charge >= 0.3 is 0 Å². The van der Waals surface area contributed by atoms with Crippen LogP contribution in [0.15, 0.2) is 22.7 Å². The molecule has 0 saturated carbocycles. The fraction of sp³-hybridized carbons (Fsp3) is 0.455. The van der Waals surface area contributed by atoms with Crippen LogP contribution in [0.1, 0.15) is 24.3 Å². The van der Waals surface area contributed by atoms with Crippen LogP contribution in [0.5, 0.6) is 0 Å². The van der Waals surface area contributed by atoms with E-state index in [1.165, 1.54) is 18.4 Å². The van der Waals surface area contributed by atoms with E-state index in [-0.39, 0.29) is 0 Å². The number of nitrogen functional groups attached to an aromatic ring is 1. The zero-order chi connectivity index (χ0) is 9.97. The molecule has 0 aliphatic carbocycles. The topological polar surface area (TPSA) is 38.0 Å². The number of piperidine rings is 1. The Bertz CT molecular complexity index is 319. The second-order valence-electron chi connectivity index (χ2n) is 3.80. The first-order valence-electron chi connectivity index (χ1n) is 5.03. The van der Waals surface area contributed by atoms with E-state index in [4.69, 9.17) is 5.73 Å². The lowest BCUT2D eigenvalue weighted by Crippen LogP contribution is -2.27. The average Bonchev–Trinajstić information content (AvgIpc) is 2.19. The number of rotatable bonds is 1. The molecular formula is C11H15BrN2. The third kappa shape index (κ3) is 2.10. The van der Waals surface area contributed by atoms with Crippen LogP contribution in [0.25, 0.3) is 0 Å². The average molecular weight is 255 g/mol. The minimum atomic E-state index is 0.643. The van der Waals surface area contributed by atoms with Crippen molar-refractivity contribution in [3.05, 3.63) is 28.2 Å². The van der Waals surface area contributed by atoms with Gasteiger partial charge in [-0.15, -0.1) is 0 Å². The van der Waals surface area contributed by atoms with Gasteiger partial charge in [-0.1, -0.05) is 22.0 Å². The zero-order valence-electron chi connectivity index (χ0n) is 8.09. The van der Waals surface area contributed by atoms with Gasteiger partial charge in [0, 0.05) is 10.2 Å². The fourth-order valence-corrected chi connectivity index (χ4v) is 2.43. The Kier molecular flexibility index (Phi) is 3.08. The van der Waals surface area contributed by atoms with Crippen molar-refractivity contribution in [1.82, 2.24) is 5.32 Å². The molecule has 0 radical (unpaired) electrons. The molecule has 0 bridgehead atoms. The number of benzene rings is 1. The van der Waals surface area contributed by atoms with Crippen molar-refractivity contribution >= 4 is 21.6 Å². The molecule has 1 aliphatic rings. The molecule has 14 heavy (non-hydrogen) atoms. The highest BCUT2D eigenvalue weighted by atomic mass is 79.9. The molecule has 1 saturated heterocycles. The molecule has 1 aliphatic heterocycles. The molecule has 3 heteroatoms. The maximum absolute atomic E-state index is 6.00. The Morgan fingerprint density at radius 2 is 2.00 bits per heavy atom. The van der Waals surface area contributed by atoms with Crippen molar-refractivity contribution in [2.24, 2.45) is 0 Å². The summed E-state index contributed by atoms with van der Waals surface area (Å²) in [6, 6.07) is 6.22. The Labute approximate surface area is 93.0 Å². The van der Waals surface area contributed by atoms with Crippen LogP contribution < -0.4 is 11.1 Å². The number of nitrogens with one attached hydrogen (secondary N) is 1. The number of hydrogen-bond donors (Lipinski definition) is 2. The van der Waals surface area contributed by atoms with Gasteiger partial charge in [0.2, 0.25) is 0 Å². The molecule has 0 aromatic heterocycles. The minimum absolute atomic E-state index is 0.643. The third-order valence-electron chi connectivity index (χ3n) is 2.83. The van der Waals surface area contributed by atoms with Crippen LogP contribution in [-0.4, -0.2) is 13.1 Å². The molecule has 0 atom stereocenters. The van der Waals surface area contributed by atoms with Gasteiger partial charge in [-0.2, -0.15) is 0 Å². The van der Waals surface area contributed by atoms with Crippen LogP contribution in [-0.2, 0) is 0 Å². The first-order chi connectivity index (χ1) is 6.77. The third-order valence-corrected chi connectivity index (χ3v) is 3.32. The van der Waals surface area contributed by atoms with E-state index in [0.717, 1.165) is 23.2 Å². The molecular weight excluding hydrogens is 240 g/mol. The van der Waals surface area contributed by atoms with Gasteiger partial charge in [-0.25, -0.2) is 0 Å². The maximum atomic E-state index is 6.00. The lowest BCUT2D eigenvalue weighted by molar-refractivity contribution is 0.461. The highest BCUT2D eigenvalue weighted by Crippen LogP contribution is 2.31. The van der Waals surface area contributed by atoms with Crippen molar-refractivity contribution < 1.29 is 0 Å². The van der Waals surface area contributed by atoms with E-state index in [0.29, 0.717) is 5.92 Å². The summed E-state index contributed by atoms with van der Waals surface area (Å²) in [5, 5.41) is 3.37. The molecule has 0 unspecified atom stereocenters. The summed E-state index contributed by atoms with van der Waals surface area (Å²) < 4.78 is 1.06. The molecule has 3 N–H and O–H groups in total. The van der Waals surface area contributed by atoms with Crippen LogP contribution in [0.3, 0.4) is 0 Å². The molecule has 1 heterocycles. The lowest BCUT2D eigenvalue weighted by atomic mass is 9.89. The molecule has 1 aromatic rings. The molecule has 2 nitrogen and oxygen atoms in total. The molecule has 1 aromatic carbocycles. The van der Waals surface area contributed by atoms with E-state index in [2.05, 4.69) is 33.4 Å². The molecule has 76 valence electrons. The summed E-state index contributed by atoms with van der Waals surface area (Å²) in [5.74, 6) is 0.643. The second kappa shape index (κ2) is 4.32. The number of nitrogens with two attached hydrogens (primary N) is 1. The highest BCUT2D eigenvalue weighted by molar-refractivity contribution is 9.10. The molecule has 0 spiro atoms. The number of hydrogen-bond acceptors (Lipinski definition) is 2. The van der Waals surface area contributed by atoms with E-state index in [1.54, 1.807) is 0 Å². The normalized spacial score (nSPS) is 18.4. The summed E-state index contributed by atoms with van der Waals surface area (Å²) in [4.78, 5) is 0. The fourth-order valence-electron chi connectivity index (χ4n) is 2.05. The Balaban J connectivity index is 2.22. The van der Waals surface area contributed by atoms with Crippen molar-refractivity contribution in [2.75, 3.05) is 18.8 Å². The zero-order valence-corrected chi connectivity index (χ0v) is 9.68. The minimum Gasteiger partial charge on any atom is -0.398 e. The SMILES string of the molecule is Nc1cc(Br)ccc1C1CCNCC1. The highest BCUT2D eigenvalue weighted by Gasteiger charge is 2.16. The van der Waals surface area contributed by atoms with Gasteiger partial charge in [0.1, 0.15) is 0 Å². The van der Waals surface area contributed by atoms with Gasteiger partial charge in [-0.05, 0) is 49.5 Å². The first kappa shape index (κ1) is 9.99. The Morgan fingerprint density at radius 3 is 2.64 bits per heavy atom. The van der Waals surface area contributed by atoms with E-state index in [9.17, 15) is 0 Å². The molecule has 1 fully saturated rings. The number of halogens is 1. The van der Waals surface area contributed by atoms with Crippen LogP contribution in [0.2, 0.25) is 0 Å². The summed E-state index contributed by atoms with van der Waals surface area (Å²) in [7, 11) is 0. The quantitative estimate of drug-likeness (QED) is 0.756. The van der Waals surface area contributed by atoms with Gasteiger partial charge in [0.15, 0.2) is 0 Å². The van der Waals surface area contributed by atoms with Gasteiger partial charge in [-0.3, -0.25) is 0 Å². The van der Waals surface area contributed by atoms with Crippen molar-refractivity contribution in [3.8, 4) is 0 Å². The monoisotopic (exact) mass is 254 g/mol. The van der Waals surface area contributed by atoms with Gasteiger partial charge < -0.3 is 11.1 Å². The summed E-state index contributed by atoms with van der Waals surface area (Å²) >= 11 is 3.43. The molecule has 2 rings (SSSR count). The van der Waals surface area contributed by atoms with E-state index in [1.807, 2.05) is 6.07 Å². The number of anilines is 1. The Morgan fingerprint density at radius 1 is 1.29 bits per heavy atom. The van der Waals surface area contributed by atoms with E-state index >= 15 is 0 Å². The van der Waals surface area contributed by atoms with Gasteiger partial charge in [0.05, 0.1) is 0 Å². The van der Waals surface area contributed by atoms with Crippen LogP contribution in [0.4, 0.5) is 5.69 Å². The first-order valence-corrected chi connectivity index (χ1v) is 5.82. The predicted octanol–water partition coefficient (Wildman–Crippen LogP) is 2.50. The maximum Gasteiger partial charge on any atom is 0.0360 e. The standard InChI is InChI=1S/C11H15BrN2/c12-9-1-2-10(11(13)7-9)8-3-5-14-6-4-8/h1-2,7-8,14H,3-6,13H2. The largest absolute Gasteiger partial charge is 0.398 e. The summed E-state index contributed by atoms with van der Waals surface area (Å²) in [6.45, 7) is 2.22. The molecule has 0 amide bonds. The lowest BCUT2D eigenvalue weighted by Gasteiger charge is -2.24. The Hall–Kier alpha value is -0.540. The van der Waals surface area contributed by atoms with Crippen molar-refractivity contribution in [3.63, 3.8) is 0 Å². The van der Waals surface area contributed by atoms with E-state index < -0.39 is 0 Å². The summed E-state index contributed by atoms with van der Waals surface area (Å²) in [5.41, 5.74) is 8.24. The van der Waals surface area contributed by atoms with Crippen molar-refractivity contribution in [2.45, 2.75) is 18.8 Å². The smallest absolute Gasteiger partial charge is 0.0360 e.